The summed E-state index contributed by atoms with van der Waals surface area (Å²) in [6.45, 7) is 1.72. The summed E-state index contributed by atoms with van der Waals surface area (Å²) in [7, 11) is 0. The van der Waals surface area contributed by atoms with Crippen molar-refractivity contribution < 1.29 is 35.5 Å². The molecule has 0 atom stereocenters. The lowest BCUT2D eigenvalue weighted by atomic mass is 10.1. The topological polar surface area (TPSA) is 29.1 Å². The van der Waals surface area contributed by atoms with E-state index in [2.05, 4.69) is 0 Å². The molecule has 0 saturated heterocycles. The number of carbonyl (C=O) groups excluding carboxylic acids is 1. The zero-order valence-electron chi connectivity index (χ0n) is 12.6. The number of alkyl halides is 3. The minimum Gasteiger partial charge on any atom is -0.321 e. The van der Waals surface area contributed by atoms with Gasteiger partial charge in [-0.2, -0.15) is 13.2 Å². The Balaban J connectivity index is 2.36. The van der Waals surface area contributed by atoms with Gasteiger partial charge in [-0.1, -0.05) is 29.8 Å². The van der Waals surface area contributed by atoms with Gasteiger partial charge in [-0.25, -0.2) is 17.6 Å². The molecular formula is C16H10F7NO. The summed E-state index contributed by atoms with van der Waals surface area (Å²) in [5.74, 6) is -11.0. The smallest absolute Gasteiger partial charge is 0.321 e. The lowest BCUT2D eigenvalue weighted by Gasteiger charge is -2.14. The van der Waals surface area contributed by atoms with Gasteiger partial charge in [-0.3, -0.25) is 4.79 Å². The largest absolute Gasteiger partial charge is 0.422 e. The number of hydrogen-bond donors (Lipinski definition) is 1. The van der Waals surface area contributed by atoms with Gasteiger partial charge >= 0.3 is 6.18 Å². The molecule has 0 aromatic heterocycles. The van der Waals surface area contributed by atoms with Gasteiger partial charge in [0.25, 0.3) is 0 Å². The summed E-state index contributed by atoms with van der Waals surface area (Å²) in [6, 6.07) is 6.44. The molecule has 2 nitrogen and oxygen atoms in total. The lowest BCUT2D eigenvalue weighted by molar-refractivity contribution is -0.143. The Morgan fingerprint density at radius 1 is 1.00 bits per heavy atom. The van der Waals surface area contributed by atoms with E-state index in [0.717, 1.165) is 5.56 Å². The van der Waals surface area contributed by atoms with Crippen LogP contribution >= 0.6 is 0 Å². The molecule has 134 valence electrons. The molecule has 2 aromatic rings. The molecule has 0 heterocycles. The molecule has 0 saturated carbocycles. The van der Waals surface area contributed by atoms with Gasteiger partial charge < -0.3 is 5.32 Å². The molecule has 0 spiro atoms. The maximum Gasteiger partial charge on any atom is 0.422 e. The van der Waals surface area contributed by atoms with Crippen LogP contribution in [-0.2, 0) is 17.4 Å². The highest BCUT2D eigenvalue weighted by atomic mass is 19.4. The molecule has 0 unspecified atom stereocenters. The third-order valence-corrected chi connectivity index (χ3v) is 3.26. The van der Waals surface area contributed by atoms with Crippen LogP contribution in [0.15, 0.2) is 24.3 Å². The Labute approximate surface area is 137 Å². The predicted molar refractivity (Wildman–Crippen MR) is 74.8 cm³/mol. The maximum absolute atomic E-state index is 13.7. The Bertz CT molecular complexity index is 801. The van der Waals surface area contributed by atoms with E-state index in [1.54, 1.807) is 30.4 Å². The fourth-order valence-corrected chi connectivity index (χ4v) is 2.18. The zero-order chi connectivity index (χ0) is 18.9. The number of halogens is 7. The number of aryl methyl sites for hydroxylation is 1. The van der Waals surface area contributed by atoms with Crippen molar-refractivity contribution in [3.05, 3.63) is 64.2 Å². The number of carbonyl (C=O) groups is 1. The molecule has 2 rings (SSSR count). The van der Waals surface area contributed by atoms with Crippen LogP contribution in [0.25, 0.3) is 0 Å². The molecule has 1 amide bonds. The van der Waals surface area contributed by atoms with Gasteiger partial charge in [-0.15, -0.1) is 0 Å². The molecule has 0 radical (unpaired) electrons. The fraction of sp³-hybridized carbons (Fsp3) is 0.188. The monoisotopic (exact) mass is 365 g/mol. The van der Waals surface area contributed by atoms with Gasteiger partial charge in [0.2, 0.25) is 5.91 Å². The SMILES string of the molecule is Cc1cccc(CC(=O)Nc2c(F)c(F)c(C(F)(F)F)c(F)c2F)c1. The first kappa shape index (κ1) is 18.8. The van der Waals surface area contributed by atoms with Crippen LogP contribution in [0.1, 0.15) is 16.7 Å². The molecule has 0 aliphatic rings. The Morgan fingerprint density at radius 3 is 2.04 bits per heavy atom. The van der Waals surface area contributed by atoms with Crippen molar-refractivity contribution in [1.82, 2.24) is 0 Å². The summed E-state index contributed by atoms with van der Waals surface area (Å²) < 4.78 is 91.8. The molecule has 0 aliphatic heterocycles. The Morgan fingerprint density at radius 2 is 1.56 bits per heavy atom. The first-order chi connectivity index (χ1) is 11.5. The van der Waals surface area contributed by atoms with E-state index in [0.29, 0.717) is 5.56 Å². The van der Waals surface area contributed by atoms with E-state index >= 15 is 0 Å². The first-order valence-corrected chi connectivity index (χ1v) is 6.81. The maximum atomic E-state index is 13.7. The van der Waals surface area contributed by atoms with E-state index in [4.69, 9.17) is 0 Å². The van der Waals surface area contributed by atoms with Crippen LogP contribution in [-0.4, -0.2) is 5.91 Å². The van der Waals surface area contributed by atoms with Crippen LogP contribution in [0.4, 0.5) is 36.4 Å². The molecule has 25 heavy (non-hydrogen) atoms. The summed E-state index contributed by atoms with van der Waals surface area (Å²) in [6.07, 6.45) is -6.04. The molecule has 0 bridgehead atoms. The number of hydrogen-bond acceptors (Lipinski definition) is 1. The molecule has 0 aliphatic carbocycles. The highest BCUT2D eigenvalue weighted by Crippen LogP contribution is 2.38. The second kappa shape index (κ2) is 6.73. The van der Waals surface area contributed by atoms with Crippen molar-refractivity contribution in [2.75, 3.05) is 5.32 Å². The number of amides is 1. The quantitative estimate of drug-likeness (QED) is 0.617. The normalized spacial score (nSPS) is 11.5. The van der Waals surface area contributed by atoms with Crippen molar-refractivity contribution in [1.29, 1.82) is 0 Å². The summed E-state index contributed by atoms with van der Waals surface area (Å²) in [5.41, 5.74) is -3.08. The van der Waals surface area contributed by atoms with Gasteiger partial charge in [0.15, 0.2) is 23.3 Å². The summed E-state index contributed by atoms with van der Waals surface area (Å²) in [4.78, 5) is 11.8. The van der Waals surface area contributed by atoms with Crippen molar-refractivity contribution >= 4 is 11.6 Å². The predicted octanol–water partition coefficient (Wildman–Crippen LogP) is 4.75. The third-order valence-electron chi connectivity index (χ3n) is 3.26. The number of nitrogens with one attached hydrogen (secondary N) is 1. The van der Waals surface area contributed by atoms with Crippen molar-refractivity contribution in [3.8, 4) is 0 Å². The molecular weight excluding hydrogens is 355 g/mol. The highest BCUT2D eigenvalue weighted by Gasteiger charge is 2.42. The van der Waals surface area contributed by atoms with Gasteiger partial charge in [0, 0.05) is 0 Å². The Hall–Kier alpha value is -2.58. The van der Waals surface area contributed by atoms with Crippen molar-refractivity contribution in [2.24, 2.45) is 0 Å². The minimum absolute atomic E-state index is 0.398. The summed E-state index contributed by atoms with van der Waals surface area (Å²) in [5, 5.41) is 1.57. The standard InChI is InChI=1S/C16H10F7NO/c1-7-3-2-4-8(5-7)6-9(25)24-15-13(19)11(17)10(16(21,22)23)12(18)14(15)20/h2-5H,6H2,1H3,(H,24,25). The minimum atomic E-state index is -5.64. The second-order valence-electron chi connectivity index (χ2n) is 5.22. The second-order valence-corrected chi connectivity index (χ2v) is 5.22. The first-order valence-electron chi connectivity index (χ1n) is 6.81. The summed E-state index contributed by atoms with van der Waals surface area (Å²) >= 11 is 0. The Kier molecular flexibility index (Phi) is 5.05. The number of anilines is 1. The van der Waals surface area contributed by atoms with E-state index < -0.39 is 53.0 Å². The van der Waals surface area contributed by atoms with E-state index in [-0.39, 0.29) is 0 Å². The van der Waals surface area contributed by atoms with E-state index in [1.807, 2.05) is 0 Å². The average Bonchev–Trinajstić information content (AvgIpc) is 2.48. The number of benzene rings is 2. The van der Waals surface area contributed by atoms with Crippen molar-refractivity contribution in [3.63, 3.8) is 0 Å². The van der Waals surface area contributed by atoms with Crippen LogP contribution in [0, 0.1) is 30.2 Å². The van der Waals surface area contributed by atoms with Crippen LogP contribution in [0.2, 0.25) is 0 Å². The average molecular weight is 365 g/mol. The lowest BCUT2D eigenvalue weighted by Crippen LogP contribution is -2.21. The highest BCUT2D eigenvalue weighted by molar-refractivity contribution is 5.92. The van der Waals surface area contributed by atoms with Gasteiger partial charge in [0.1, 0.15) is 11.3 Å². The van der Waals surface area contributed by atoms with Crippen LogP contribution in [0.3, 0.4) is 0 Å². The fourth-order valence-electron chi connectivity index (χ4n) is 2.18. The molecule has 9 heteroatoms. The van der Waals surface area contributed by atoms with Gasteiger partial charge in [0.05, 0.1) is 6.42 Å². The van der Waals surface area contributed by atoms with Crippen LogP contribution in [0.5, 0.6) is 0 Å². The van der Waals surface area contributed by atoms with Crippen LogP contribution < -0.4 is 5.32 Å². The molecule has 1 N–H and O–H groups in total. The zero-order valence-corrected chi connectivity index (χ0v) is 12.6. The van der Waals surface area contributed by atoms with E-state index in [9.17, 15) is 35.5 Å². The number of rotatable bonds is 3. The van der Waals surface area contributed by atoms with Crippen molar-refractivity contribution in [2.45, 2.75) is 19.5 Å². The van der Waals surface area contributed by atoms with E-state index in [1.165, 1.54) is 6.07 Å². The molecule has 2 aromatic carbocycles. The third kappa shape index (κ3) is 3.92. The molecule has 0 fully saturated rings. The van der Waals surface area contributed by atoms with Gasteiger partial charge in [-0.05, 0) is 12.5 Å².